The van der Waals surface area contributed by atoms with E-state index in [9.17, 15) is 4.79 Å². The van der Waals surface area contributed by atoms with Gasteiger partial charge in [-0.05, 0) is 6.92 Å². The number of hydrogen-bond acceptors (Lipinski definition) is 4. The monoisotopic (exact) mass is 176 g/mol. The molecule has 0 bridgehead atoms. The Kier molecular flexibility index (Phi) is 2.34. The Bertz CT molecular complexity index is 248. The van der Waals surface area contributed by atoms with Gasteiger partial charge in [0.1, 0.15) is 15.8 Å². The first kappa shape index (κ1) is 7.63. The van der Waals surface area contributed by atoms with E-state index in [2.05, 4.69) is 9.59 Å². The molecule has 0 atom stereocenters. The molecule has 0 saturated heterocycles. The minimum atomic E-state index is 0.0506. The summed E-state index contributed by atoms with van der Waals surface area (Å²) in [5, 5.41) is 3.67. The molecule has 1 aromatic heterocycles. The fourth-order valence-corrected chi connectivity index (χ4v) is 1.16. The highest BCUT2D eigenvalue weighted by Crippen LogP contribution is 2.17. The van der Waals surface area contributed by atoms with Crippen LogP contribution in [0.15, 0.2) is 0 Å². The molecule has 0 aromatic carbocycles. The van der Waals surface area contributed by atoms with E-state index < -0.39 is 0 Å². The van der Waals surface area contributed by atoms with E-state index >= 15 is 0 Å². The summed E-state index contributed by atoms with van der Waals surface area (Å²) in [7, 11) is 0. The molecule has 10 heavy (non-hydrogen) atoms. The summed E-state index contributed by atoms with van der Waals surface area (Å²) < 4.78 is 4.09. The third kappa shape index (κ3) is 1.75. The van der Waals surface area contributed by atoms with Crippen LogP contribution in [0.1, 0.15) is 12.6 Å². The van der Waals surface area contributed by atoms with Crippen LogP contribution in [0.25, 0.3) is 0 Å². The van der Waals surface area contributed by atoms with Crippen LogP contribution in [-0.2, 0) is 11.2 Å². The number of aromatic nitrogens is 2. The van der Waals surface area contributed by atoms with Gasteiger partial charge in [-0.15, -0.1) is 5.10 Å². The van der Waals surface area contributed by atoms with Gasteiger partial charge in [-0.2, -0.15) is 0 Å². The van der Waals surface area contributed by atoms with Gasteiger partial charge >= 0.3 is 0 Å². The van der Waals surface area contributed by atoms with E-state index in [0.29, 0.717) is 10.0 Å². The van der Waals surface area contributed by atoms with Crippen molar-refractivity contribution in [1.82, 2.24) is 9.59 Å². The van der Waals surface area contributed by atoms with Crippen LogP contribution in [0.4, 0.5) is 0 Å². The van der Waals surface area contributed by atoms with Crippen molar-refractivity contribution in [1.29, 1.82) is 0 Å². The second-order valence-corrected chi connectivity index (χ2v) is 3.23. The zero-order chi connectivity index (χ0) is 7.56. The fraction of sp³-hybridized carbons (Fsp3) is 0.400. The molecule has 0 saturated carbocycles. The quantitative estimate of drug-likeness (QED) is 0.683. The number of carbonyl (C=O) groups is 1. The van der Waals surface area contributed by atoms with E-state index in [1.165, 1.54) is 6.92 Å². The second kappa shape index (κ2) is 3.07. The minimum absolute atomic E-state index is 0.0506. The molecule has 1 rings (SSSR count). The van der Waals surface area contributed by atoms with Crippen LogP contribution in [0, 0.1) is 0 Å². The van der Waals surface area contributed by atoms with Crippen LogP contribution in [0.5, 0.6) is 0 Å². The fourth-order valence-electron chi connectivity index (χ4n) is 0.538. The number of halogens is 1. The van der Waals surface area contributed by atoms with Crippen molar-refractivity contribution >= 4 is 28.9 Å². The Balaban J connectivity index is 2.74. The normalized spacial score (nSPS) is 9.80. The van der Waals surface area contributed by atoms with Crippen molar-refractivity contribution in [3.63, 3.8) is 0 Å². The lowest BCUT2D eigenvalue weighted by Gasteiger charge is -1.87. The van der Waals surface area contributed by atoms with Gasteiger partial charge in [-0.1, -0.05) is 16.1 Å². The molecule has 0 unspecified atom stereocenters. The summed E-state index contributed by atoms with van der Waals surface area (Å²) in [5.74, 6) is 0.0506. The molecule has 0 amide bonds. The predicted octanol–water partition coefficient (Wildman–Crippen LogP) is 1.32. The van der Waals surface area contributed by atoms with Crippen LogP contribution >= 0.6 is 23.1 Å². The third-order valence-corrected chi connectivity index (χ3v) is 1.91. The number of ketones is 1. The Labute approximate surface area is 67.2 Å². The van der Waals surface area contributed by atoms with Crippen molar-refractivity contribution in [3.05, 3.63) is 10.0 Å². The predicted molar refractivity (Wildman–Crippen MR) is 39.3 cm³/mol. The van der Waals surface area contributed by atoms with Gasteiger partial charge in [-0.3, -0.25) is 4.79 Å². The maximum Gasteiger partial charge on any atom is 0.137 e. The first-order valence-corrected chi connectivity index (χ1v) is 3.81. The van der Waals surface area contributed by atoms with Crippen molar-refractivity contribution in [3.8, 4) is 0 Å². The summed E-state index contributed by atoms with van der Waals surface area (Å²) >= 11 is 6.72. The third-order valence-electron chi connectivity index (χ3n) is 0.926. The molecule has 0 aliphatic carbocycles. The van der Waals surface area contributed by atoms with Gasteiger partial charge in [0, 0.05) is 11.5 Å². The largest absolute Gasteiger partial charge is 0.300 e. The summed E-state index contributed by atoms with van der Waals surface area (Å²) in [6, 6.07) is 0. The highest BCUT2D eigenvalue weighted by Gasteiger charge is 2.06. The molecule has 1 aromatic rings. The molecule has 54 valence electrons. The average Bonchev–Trinajstić information content (AvgIpc) is 2.15. The topological polar surface area (TPSA) is 42.9 Å². The molecular weight excluding hydrogens is 172 g/mol. The van der Waals surface area contributed by atoms with Crippen LogP contribution in [0.3, 0.4) is 0 Å². The Hall–Kier alpha value is -0.480. The number of nitrogens with zero attached hydrogens (tertiary/aromatic N) is 2. The van der Waals surface area contributed by atoms with Crippen molar-refractivity contribution in [2.45, 2.75) is 13.3 Å². The van der Waals surface area contributed by atoms with Gasteiger partial charge < -0.3 is 0 Å². The molecular formula is C5H5ClN2OS. The molecule has 3 nitrogen and oxygen atoms in total. The van der Waals surface area contributed by atoms with E-state index in [1.807, 2.05) is 0 Å². The van der Waals surface area contributed by atoms with Gasteiger partial charge in [0.15, 0.2) is 0 Å². The van der Waals surface area contributed by atoms with E-state index in [0.717, 1.165) is 11.5 Å². The molecule has 0 spiro atoms. The Morgan fingerprint density at radius 2 is 2.50 bits per heavy atom. The van der Waals surface area contributed by atoms with E-state index in [4.69, 9.17) is 11.6 Å². The number of hydrogen-bond donors (Lipinski definition) is 0. The SMILES string of the molecule is CC(=O)Cc1nnsc1Cl. The zero-order valence-electron chi connectivity index (χ0n) is 5.30. The smallest absolute Gasteiger partial charge is 0.137 e. The molecule has 5 heteroatoms. The van der Waals surface area contributed by atoms with Gasteiger partial charge in [0.05, 0.1) is 6.42 Å². The Morgan fingerprint density at radius 3 is 2.90 bits per heavy atom. The van der Waals surface area contributed by atoms with Crippen LogP contribution < -0.4 is 0 Å². The van der Waals surface area contributed by atoms with Gasteiger partial charge in [-0.25, -0.2) is 0 Å². The first-order valence-electron chi connectivity index (χ1n) is 2.66. The second-order valence-electron chi connectivity index (χ2n) is 1.87. The molecule has 0 aliphatic rings. The van der Waals surface area contributed by atoms with Gasteiger partial charge in [0.25, 0.3) is 0 Å². The average molecular weight is 177 g/mol. The molecule has 1 heterocycles. The maximum atomic E-state index is 10.5. The lowest BCUT2D eigenvalue weighted by Crippen LogP contribution is -1.96. The molecule has 0 radical (unpaired) electrons. The highest BCUT2D eigenvalue weighted by molar-refractivity contribution is 7.10. The summed E-state index contributed by atoms with van der Waals surface area (Å²) in [6.07, 6.45) is 0.287. The molecule has 0 N–H and O–H groups in total. The highest BCUT2D eigenvalue weighted by atomic mass is 35.5. The maximum absolute atomic E-state index is 10.5. The van der Waals surface area contributed by atoms with Crippen LogP contribution in [-0.4, -0.2) is 15.4 Å². The molecule has 0 fully saturated rings. The lowest BCUT2D eigenvalue weighted by molar-refractivity contribution is -0.116. The van der Waals surface area contributed by atoms with Crippen molar-refractivity contribution in [2.75, 3.05) is 0 Å². The van der Waals surface area contributed by atoms with E-state index in [1.54, 1.807) is 0 Å². The molecule has 0 aliphatic heterocycles. The summed E-state index contributed by atoms with van der Waals surface area (Å²) in [6.45, 7) is 1.50. The zero-order valence-corrected chi connectivity index (χ0v) is 6.87. The summed E-state index contributed by atoms with van der Waals surface area (Å²) in [5.41, 5.74) is 0.583. The minimum Gasteiger partial charge on any atom is -0.300 e. The van der Waals surface area contributed by atoms with Gasteiger partial charge in [0.2, 0.25) is 0 Å². The van der Waals surface area contributed by atoms with E-state index in [-0.39, 0.29) is 12.2 Å². The van der Waals surface area contributed by atoms with Crippen molar-refractivity contribution < 1.29 is 4.79 Å². The summed E-state index contributed by atoms with van der Waals surface area (Å²) in [4.78, 5) is 10.5. The number of carbonyl (C=O) groups excluding carboxylic acids is 1. The number of rotatable bonds is 2. The standard InChI is InChI=1S/C5H5ClN2OS/c1-3(9)2-4-5(6)10-8-7-4/h2H2,1H3. The first-order chi connectivity index (χ1) is 4.70. The Morgan fingerprint density at radius 1 is 1.80 bits per heavy atom. The number of Topliss-reactive ketones (excluding diaryl/α,β-unsaturated/α-hetero) is 1. The van der Waals surface area contributed by atoms with Crippen molar-refractivity contribution in [2.24, 2.45) is 0 Å². The lowest BCUT2D eigenvalue weighted by atomic mass is 10.3. The van der Waals surface area contributed by atoms with Crippen LogP contribution in [0.2, 0.25) is 4.34 Å².